The summed E-state index contributed by atoms with van der Waals surface area (Å²) in [7, 11) is 0. The van der Waals surface area contributed by atoms with Crippen molar-refractivity contribution in [3.05, 3.63) is 35.1 Å². The lowest BCUT2D eigenvalue weighted by Gasteiger charge is -2.42. The normalized spacial score (nSPS) is 20.5. The van der Waals surface area contributed by atoms with Crippen molar-refractivity contribution in [2.75, 3.05) is 13.1 Å². The molecule has 1 fully saturated rings. The predicted octanol–water partition coefficient (Wildman–Crippen LogP) is 1.80. The Morgan fingerprint density at radius 3 is 2.68 bits per heavy atom. The van der Waals surface area contributed by atoms with Gasteiger partial charge in [-0.2, -0.15) is 0 Å². The average molecular weight is 308 g/mol. The molecule has 0 aromatic heterocycles. The van der Waals surface area contributed by atoms with Gasteiger partial charge in [-0.1, -0.05) is 19.1 Å². The van der Waals surface area contributed by atoms with Crippen LogP contribution in [0.3, 0.4) is 0 Å². The highest BCUT2D eigenvalue weighted by atomic mass is 19.1. The number of carboxylic acid groups (broad SMARTS) is 1. The summed E-state index contributed by atoms with van der Waals surface area (Å²) in [4.78, 5) is 24.7. The number of halogens is 1. The van der Waals surface area contributed by atoms with E-state index < -0.39 is 17.7 Å². The SMILES string of the molecule is CCN(CC(=O)O)C1CC(NC(=O)c2cccc(C)c2F)C1. The van der Waals surface area contributed by atoms with Gasteiger partial charge in [-0.15, -0.1) is 0 Å². The number of rotatable bonds is 6. The number of benzene rings is 1. The molecule has 1 amide bonds. The molecule has 0 radical (unpaired) electrons. The highest BCUT2D eigenvalue weighted by Gasteiger charge is 2.35. The molecule has 1 saturated carbocycles. The Morgan fingerprint density at radius 2 is 2.09 bits per heavy atom. The zero-order valence-corrected chi connectivity index (χ0v) is 12.8. The smallest absolute Gasteiger partial charge is 0.317 e. The summed E-state index contributed by atoms with van der Waals surface area (Å²) in [6.45, 7) is 4.20. The van der Waals surface area contributed by atoms with Gasteiger partial charge in [-0.05, 0) is 37.9 Å². The van der Waals surface area contributed by atoms with Gasteiger partial charge in [0.1, 0.15) is 5.82 Å². The Kier molecular flexibility index (Phi) is 5.13. The van der Waals surface area contributed by atoms with Gasteiger partial charge in [0.25, 0.3) is 5.91 Å². The molecule has 5 nitrogen and oxygen atoms in total. The molecule has 120 valence electrons. The standard InChI is InChI=1S/C16H21FN2O3/c1-3-19(9-14(20)21)12-7-11(8-12)18-16(22)13-6-4-5-10(2)15(13)17/h4-6,11-12H,3,7-9H2,1-2H3,(H,18,22)(H,20,21). The second-order valence-corrected chi connectivity index (χ2v) is 5.69. The van der Waals surface area contributed by atoms with Crippen molar-refractivity contribution in [3.63, 3.8) is 0 Å². The van der Waals surface area contributed by atoms with Gasteiger partial charge in [-0.3, -0.25) is 14.5 Å². The van der Waals surface area contributed by atoms with Gasteiger partial charge in [0.2, 0.25) is 0 Å². The average Bonchev–Trinajstić information content (AvgIpc) is 2.42. The molecule has 0 saturated heterocycles. The molecule has 1 aliphatic carbocycles. The van der Waals surface area contributed by atoms with Crippen LogP contribution < -0.4 is 5.32 Å². The van der Waals surface area contributed by atoms with Crippen LogP contribution in [0.2, 0.25) is 0 Å². The highest BCUT2D eigenvalue weighted by Crippen LogP contribution is 2.26. The minimum Gasteiger partial charge on any atom is -0.480 e. The minimum atomic E-state index is -0.851. The lowest BCUT2D eigenvalue weighted by molar-refractivity contribution is -0.139. The summed E-state index contributed by atoms with van der Waals surface area (Å²) in [5, 5.41) is 11.7. The summed E-state index contributed by atoms with van der Waals surface area (Å²) in [5.74, 6) is -1.75. The zero-order valence-electron chi connectivity index (χ0n) is 12.8. The molecule has 0 atom stereocenters. The van der Waals surface area contributed by atoms with Crippen molar-refractivity contribution in [2.24, 2.45) is 0 Å². The number of carbonyl (C=O) groups is 2. The summed E-state index contributed by atoms with van der Waals surface area (Å²) < 4.78 is 13.9. The van der Waals surface area contributed by atoms with E-state index in [2.05, 4.69) is 5.32 Å². The molecule has 0 aliphatic heterocycles. The summed E-state index contributed by atoms with van der Waals surface area (Å²) >= 11 is 0. The van der Waals surface area contributed by atoms with Crippen LogP contribution in [-0.4, -0.2) is 47.1 Å². The summed E-state index contributed by atoms with van der Waals surface area (Å²) in [5.41, 5.74) is 0.499. The molecule has 2 N–H and O–H groups in total. The topological polar surface area (TPSA) is 69.6 Å². The fourth-order valence-electron chi connectivity index (χ4n) is 2.76. The minimum absolute atomic E-state index is 0.00828. The van der Waals surface area contributed by atoms with Gasteiger partial charge in [0.05, 0.1) is 12.1 Å². The molecule has 6 heteroatoms. The molecule has 1 aromatic rings. The predicted molar refractivity (Wildman–Crippen MR) is 80.3 cm³/mol. The number of nitrogens with zero attached hydrogens (tertiary/aromatic N) is 1. The molecule has 1 aliphatic rings. The lowest BCUT2D eigenvalue weighted by atomic mass is 9.85. The van der Waals surface area contributed by atoms with Crippen LogP contribution in [0.4, 0.5) is 4.39 Å². The third-order valence-electron chi connectivity index (χ3n) is 4.15. The van der Waals surface area contributed by atoms with Crippen molar-refractivity contribution < 1.29 is 19.1 Å². The number of nitrogens with one attached hydrogen (secondary N) is 1. The maximum absolute atomic E-state index is 13.9. The third-order valence-corrected chi connectivity index (χ3v) is 4.15. The molecule has 2 rings (SSSR count). The van der Waals surface area contributed by atoms with Crippen LogP contribution in [0.15, 0.2) is 18.2 Å². The van der Waals surface area contributed by atoms with Gasteiger partial charge < -0.3 is 10.4 Å². The number of hydrogen-bond acceptors (Lipinski definition) is 3. The van der Waals surface area contributed by atoms with E-state index in [1.54, 1.807) is 19.1 Å². The van der Waals surface area contributed by atoms with Crippen LogP contribution in [0.5, 0.6) is 0 Å². The third kappa shape index (κ3) is 3.62. The molecule has 0 heterocycles. The first-order valence-corrected chi connectivity index (χ1v) is 7.44. The van der Waals surface area contributed by atoms with E-state index in [0.717, 1.165) is 0 Å². The van der Waals surface area contributed by atoms with Gasteiger partial charge in [-0.25, -0.2) is 4.39 Å². The van der Waals surface area contributed by atoms with E-state index in [1.807, 2.05) is 11.8 Å². The number of carbonyl (C=O) groups excluding carboxylic acids is 1. The van der Waals surface area contributed by atoms with Crippen LogP contribution in [0.1, 0.15) is 35.7 Å². The maximum Gasteiger partial charge on any atom is 0.317 e. The Bertz CT molecular complexity index is 571. The Morgan fingerprint density at radius 1 is 1.41 bits per heavy atom. The van der Waals surface area contributed by atoms with Gasteiger partial charge in [0.15, 0.2) is 0 Å². The second kappa shape index (κ2) is 6.87. The van der Waals surface area contributed by atoms with Crippen molar-refractivity contribution in [1.82, 2.24) is 10.2 Å². The van der Waals surface area contributed by atoms with Crippen LogP contribution in [-0.2, 0) is 4.79 Å². The highest BCUT2D eigenvalue weighted by molar-refractivity contribution is 5.94. The van der Waals surface area contributed by atoms with Crippen molar-refractivity contribution in [2.45, 2.75) is 38.8 Å². The molecule has 0 spiro atoms. The van der Waals surface area contributed by atoms with Crippen LogP contribution in [0.25, 0.3) is 0 Å². The quantitative estimate of drug-likeness (QED) is 0.841. The van der Waals surface area contributed by atoms with E-state index in [4.69, 9.17) is 5.11 Å². The van der Waals surface area contributed by atoms with Crippen molar-refractivity contribution >= 4 is 11.9 Å². The van der Waals surface area contributed by atoms with E-state index in [9.17, 15) is 14.0 Å². The van der Waals surface area contributed by atoms with Gasteiger partial charge in [0, 0.05) is 12.1 Å². The number of aliphatic carboxylic acids is 1. The molecule has 1 aromatic carbocycles. The lowest BCUT2D eigenvalue weighted by Crippen LogP contribution is -2.54. The fourth-order valence-corrected chi connectivity index (χ4v) is 2.76. The Hall–Kier alpha value is -1.95. The Balaban J connectivity index is 1.88. The maximum atomic E-state index is 13.9. The molecule has 22 heavy (non-hydrogen) atoms. The van der Waals surface area contributed by atoms with Crippen LogP contribution >= 0.6 is 0 Å². The van der Waals surface area contributed by atoms with E-state index >= 15 is 0 Å². The first kappa shape index (κ1) is 16.4. The number of carboxylic acids is 1. The van der Waals surface area contributed by atoms with E-state index in [0.29, 0.717) is 24.9 Å². The fraction of sp³-hybridized carbons (Fsp3) is 0.500. The number of aryl methyl sites for hydroxylation is 1. The van der Waals surface area contributed by atoms with Crippen LogP contribution in [0, 0.1) is 12.7 Å². The zero-order chi connectivity index (χ0) is 16.3. The second-order valence-electron chi connectivity index (χ2n) is 5.69. The van der Waals surface area contributed by atoms with Crippen molar-refractivity contribution in [1.29, 1.82) is 0 Å². The first-order valence-electron chi connectivity index (χ1n) is 7.44. The monoisotopic (exact) mass is 308 g/mol. The summed E-state index contributed by atoms with van der Waals surface area (Å²) in [6, 6.07) is 4.88. The first-order chi connectivity index (χ1) is 10.4. The van der Waals surface area contributed by atoms with Crippen molar-refractivity contribution in [3.8, 4) is 0 Å². The number of amides is 1. The molecule has 0 unspecified atom stereocenters. The molecular weight excluding hydrogens is 287 g/mol. The number of likely N-dealkylation sites (N-methyl/N-ethyl adjacent to an activating group) is 1. The largest absolute Gasteiger partial charge is 0.480 e. The number of hydrogen-bond donors (Lipinski definition) is 2. The molecule has 0 bridgehead atoms. The Labute approximate surface area is 129 Å². The van der Waals surface area contributed by atoms with E-state index in [-0.39, 0.29) is 24.2 Å². The summed E-state index contributed by atoms with van der Waals surface area (Å²) in [6.07, 6.45) is 1.39. The molecular formula is C16H21FN2O3. The van der Waals surface area contributed by atoms with Gasteiger partial charge >= 0.3 is 5.97 Å². The van der Waals surface area contributed by atoms with E-state index in [1.165, 1.54) is 6.07 Å².